The maximum absolute atomic E-state index is 14.4. The molecule has 4 rings (SSSR count). The predicted molar refractivity (Wildman–Crippen MR) is 190 cm³/mol. The molecule has 264 valence electrons. The van der Waals surface area contributed by atoms with Crippen molar-refractivity contribution in [1.29, 1.82) is 0 Å². The van der Waals surface area contributed by atoms with Crippen molar-refractivity contribution in [2.75, 3.05) is 51.1 Å². The molecule has 0 fully saturated rings. The number of hydrogen-bond acceptors (Lipinski definition) is 7. The molecule has 0 aliphatic carbocycles. The first-order valence-electron chi connectivity index (χ1n) is 16.9. The predicted octanol–water partition coefficient (Wildman–Crippen LogP) is 5.84. The fourth-order valence-electron chi connectivity index (χ4n) is 5.71. The van der Waals surface area contributed by atoms with Gasteiger partial charge in [0.2, 0.25) is 5.91 Å². The number of hydrogen-bond donors (Lipinski definition) is 3. The largest absolute Gasteiger partial charge is 0.497 e. The van der Waals surface area contributed by atoms with Crippen molar-refractivity contribution in [1.82, 2.24) is 9.80 Å². The van der Waals surface area contributed by atoms with Crippen LogP contribution in [0, 0.1) is 5.92 Å². The molecule has 0 unspecified atom stereocenters. The van der Waals surface area contributed by atoms with E-state index in [1.54, 1.807) is 73.3 Å². The molecular weight excluding hydrogens is 624 g/mol. The van der Waals surface area contributed by atoms with Gasteiger partial charge in [0, 0.05) is 44.0 Å². The van der Waals surface area contributed by atoms with Crippen LogP contribution in [0.25, 0.3) is 0 Å². The van der Waals surface area contributed by atoms with Crippen molar-refractivity contribution in [3.63, 3.8) is 0 Å². The Labute approximate surface area is 289 Å². The van der Waals surface area contributed by atoms with E-state index in [0.717, 1.165) is 24.8 Å². The van der Waals surface area contributed by atoms with Gasteiger partial charge in [-0.1, -0.05) is 37.3 Å². The maximum atomic E-state index is 14.4. The summed E-state index contributed by atoms with van der Waals surface area (Å²) in [6, 6.07) is 20.6. The zero-order chi connectivity index (χ0) is 35.3. The van der Waals surface area contributed by atoms with Crippen molar-refractivity contribution < 1.29 is 33.7 Å². The molecule has 11 nitrogen and oxygen atoms in total. The van der Waals surface area contributed by atoms with Crippen molar-refractivity contribution in [2.45, 2.75) is 64.7 Å². The zero-order valence-corrected chi connectivity index (χ0v) is 29.2. The zero-order valence-electron chi connectivity index (χ0n) is 29.2. The van der Waals surface area contributed by atoms with E-state index in [9.17, 15) is 19.5 Å². The van der Waals surface area contributed by atoms with E-state index in [1.165, 1.54) is 0 Å². The van der Waals surface area contributed by atoms with Gasteiger partial charge in [-0.05, 0) is 81.1 Å². The van der Waals surface area contributed by atoms with Gasteiger partial charge >= 0.3 is 6.03 Å². The van der Waals surface area contributed by atoms with Gasteiger partial charge < -0.3 is 39.8 Å². The lowest BCUT2D eigenvalue weighted by Crippen LogP contribution is -2.48. The van der Waals surface area contributed by atoms with E-state index in [-0.39, 0.29) is 55.1 Å². The molecule has 3 aromatic rings. The van der Waals surface area contributed by atoms with Crippen LogP contribution in [0.5, 0.6) is 11.5 Å². The Kier molecular flexibility index (Phi) is 13.8. The molecular formula is C38H50N4O7. The number of aliphatic hydroxyl groups is 1. The number of ether oxygens (including phenoxy) is 3. The molecule has 4 amide bonds. The molecule has 3 N–H and O–H groups in total. The lowest BCUT2D eigenvalue weighted by atomic mass is 10.0. The second-order valence-electron chi connectivity index (χ2n) is 12.8. The van der Waals surface area contributed by atoms with Gasteiger partial charge in [-0.3, -0.25) is 9.59 Å². The van der Waals surface area contributed by atoms with E-state index in [1.807, 2.05) is 44.2 Å². The second kappa shape index (κ2) is 18.2. The highest BCUT2D eigenvalue weighted by Gasteiger charge is 2.31. The number of likely N-dealkylation sites (N-methyl/N-ethyl adjacent to an activating group) is 1. The molecule has 0 saturated heterocycles. The van der Waals surface area contributed by atoms with Crippen molar-refractivity contribution in [3.05, 3.63) is 83.9 Å². The number of nitrogens with zero attached hydrogens (tertiary/aromatic N) is 2. The van der Waals surface area contributed by atoms with Gasteiger partial charge in [0.25, 0.3) is 5.91 Å². The quantitative estimate of drug-likeness (QED) is 0.260. The van der Waals surface area contributed by atoms with Gasteiger partial charge in [-0.25, -0.2) is 4.79 Å². The molecule has 49 heavy (non-hydrogen) atoms. The number of anilines is 2. The standard InChI is InChI=1S/C38H50N4O7/c1-26-23-42(27(2)25-43)37(45)33-22-31(40-38(46)39-30-14-17-32(47-5)18-15-30)16-19-34(33)49-28(3)11-9-10-20-48-35(26)24-41(4)36(44)21-29-12-7-6-8-13-29/h6-8,12-19,22,26-28,35,43H,9-11,20-21,23-25H2,1-5H3,(H2,39,40,46)/t26-,27+,28+,35-/m1/s1. The Morgan fingerprint density at radius 3 is 2.41 bits per heavy atom. The summed E-state index contributed by atoms with van der Waals surface area (Å²) in [5, 5.41) is 15.8. The fourth-order valence-corrected chi connectivity index (χ4v) is 5.71. The average molecular weight is 675 g/mol. The van der Waals surface area contributed by atoms with Gasteiger partial charge in [-0.15, -0.1) is 0 Å². The number of carbonyl (C=O) groups excluding carboxylic acids is 3. The summed E-state index contributed by atoms with van der Waals surface area (Å²) in [5.41, 5.74) is 2.19. The minimum absolute atomic E-state index is 0.0194. The molecule has 1 aliphatic heterocycles. The topological polar surface area (TPSA) is 130 Å². The Morgan fingerprint density at radius 1 is 1.02 bits per heavy atom. The summed E-state index contributed by atoms with van der Waals surface area (Å²) in [6.45, 7) is 6.61. The number of carbonyl (C=O) groups is 3. The van der Waals surface area contributed by atoms with Crippen LogP contribution >= 0.6 is 0 Å². The van der Waals surface area contributed by atoms with Crippen LogP contribution < -0.4 is 20.1 Å². The van der Waals surface area contributed by atoms with Crippen LogP contribution in [0.2, 0.25) is 0 Å². The Balaban J connectivity index is 1.57. The number of rotatable bonds is 9. The summed E-state index contributed by atoms with van der Waals surface area (Å²) < 4.78 is 17.9. The summed E-state index contributed by atoms with van der Waals surface area (Å²) in [5.74, 6) is 0.515. The highest BCUT2D eigenvalue weighted by Crippen LogP contribution is 2.29. The first-order chi connectivity index (χ1) is 23.6. The Bertz CT molecular complexity index is 1520. The highest BCUT2D eigenvalue weighted by atomic mass is 16.5. The number of amides is 4. The summed E-state index contributed by atoms with van der Waals surface area (Å²) in [7, 11) is 3.35. The van der Waals surface area contributed by atoms with Gasteiger partial charge in [-0.2, -0.15) is 0 Å². The molecule has 11 heteroatoms. The second-order valence-corrected chi connectivity index (χ2v) is 12.8. The van der Waals surface area contributed by atoms with Crippen LogP contribution in [0.4, 0.5) is 16.2 Å². The van der Waals surface area contributed by atoms with Crippen LogP contribution in [0.3, 0.4) is 0 Å². The number of methoxy groups -OCH3 is 1. The molecule has 0 aromatic heterocycles. The number of benzene rings is 3. The van der Waals surface area contributed by atoms with Crippen molar-refractivity contribution in [2.24, 2.45) is 5.92 Å². The lowest BCUT2D eigenvalue weighted by molar-refractivity contribution is -0.131. The summed E-state index contributed by atoms with van der Waals surface area (Å²) in [6.07, 6.45) is 2.16. The molecule has 0 radical (unpaired) electrons. The van der Waals surface area contributed by atoms with Crippen LogP contribution in [0.15, 0.2) is 72.8 Å². The van der Waals surface area contributed by atoms with Crippen molar-refractivity contribution in [3.8, 4) is 11.5 Å². The highest BCUT2D eigenvalue weighted by molar-refractivity contribution is 6.02. The fraction of sp³-hybridized carbons (Fsp3) is 0.447. The third kappa shape index (κ3) is 11.0. The van der Waals surface area contributed by atoms with Gasteiger partial charge in [0.1, 0.15) is 11.5 Å². The third-order valence-corrected chi connectivity index (χ3v) is 8.74. The number of fused-ring (bicyclic) bond motifs is 1. The number of urea groups is 1. The van der Waals surface area contributed by atoms with E-state index >= 15 is 0 Å². The van der Waals surface area contributed by atoms with E-state index in [2.05, 4.69) is 10.6 Å². The first-order valence-corrected chi connectivity index (χ1v) is 16.9. The molecule has 1 aliphatic rings. The minimum atomic E-state index is -0.527. The molecule has 0 bridgehead atoms. The molecule has 0 saturated carbocycles. The molecule has 4 atom stereocenters. The maximum Gasteiger partial charge on any atom is 0.323 e. The SMILES string of the molecule is COc1ccc(NC(=O)Nc2ccc3c(c2)C(=O)N([C@@H](C)CO)C[C@@H](C)[C@@H](CN(C)C(=O)Cc2ccccc2)OCCCC[C@H](C)O3)cc1. The monoisotopic (exact) mass is 674 g/mol. The smallest absolute Gasteiger partial charge is 0.323 e. The molecule has 3 aromatic carbocycles. The third-order valence-electron chi connectivity index (χ3n) is 8.74. The minimum Gasteiger partial charge on any atom is -0.497 e. The molecule has 0 spiro atoms. The van der Waals surface area contributed by atoms with E-state index in [0.29, 0.717) is 36.0 Å². The average Bonchev–Trinajstić information content (AvgIpc) is 3.10. The lowest BCUT2D eigenvalue weighted by Gasteiger charge is -2.36. The van der Waals surface area contributed by atoms with Crippen LogP contribution in [0.1, 0.15) is 56.0 Å². The number of nitrogens with one attached hydrogen (secondary N) is 2. The van der Waals surface area contributed by atoms with Crippen LogP contribution in [-0.4, -0.2) is 91.5 Å². The van der Waals surface area contributed by atoms with Gasteiger partial charge in [0.05, 0.1) is 44.0 Å². The normalized spacial score (nSPS) is 19.4. The van der Waals surface area contributed by atoms with E-state index < -0.39 is 12.1 Å². The van der Waals surface area contributed by atoms with Gasteiger partial charge in [0.15, 0.2) is 0 Å². The van der Waals surface area contributed by atoms with Crippen LogP contribution in [-0.2, 0) is 16.0 Å². The molecule has 1 heterocycles. The number of aliphatic hydroxyl groups excluding tert-OH is 1. The van der Waals surface area contributed by atoms with Crippen molar-refractivity contribution >= 4 is 29.2 Å². The summed E-state index contributed by atoms with van der Waals surface area (Å²) >= 11 is 0. The van der Waals surface area contributed by atoms with E-state index in [4.69, 9.17) is 14.2 Å². The Morgan fingerprint density at radius 2 is 1.71 bits per heavy atom. The first kappa shape index (κ1) is 37.2. The Hall–Kier alpha value is -4.61. The summed E-state index contributed by atoms with van der Waals surface area (Å²) in [4.78, 5) is 43.7.